The van der Waals surface area contributed by atoms with E-state index in [0.29, 0.717) is 0 Å². The normalized spacial score (nSPS) is 17.3. The van der Waals surface area contributed by atoms with Gasteiger partial charge in [0.15, 0.2) is 0 Å². The highest BCUT2D eigenvalue weighted by Crippen LogP contribution is 2.42. The maximum Gasteiger partial charge on any atom is 0.0345 e. The van der Waals surface area contributed by atoms with Crippen LogP contribution < -0.4 is 0 Å². The maximum absolute atomic E-state index is 3.74. The average molecular weight is 321 g/mol. The fraction of sp³-hybridized carbons (Fsp3) is 0.333. The molecule has 0 aliphatic heterocycles. The Bertz CT molecular complexity index is 638. The molecular formula is C24H32. The predicted molar refractivity (Wildman–Crippen MR) is 109 cm³/mol. The van der Waals surface area contributed by atoms with Gasteiger partial charge in [-0.15, -0.1) is 0 Å². The average Bonchev–Trinajstić information content (AvgIpc) is 2.64. The smallest absolute Gasteiger partial charge is 0.0345 e. The van der Waals surface area contributed by atoms with E-state index in [-0.39, 0.29) is 5.41 Å². The third-order valence-electron chi connectivity index (χ3n) is 4.73. The summed E-state index contributed by atoms with van der Waals surface area (Å²) < 4.78 is 0. The summed E-state index contributed by atoms with van der Waals surface area (Å²) >= 11 is 0. The summed E-state index contributed by atoms with van der Waals surface area (Å²) in [5.74, 6) is 0. The lowest BCUT2D eigenvalue weighted by Crippen LogP contribution is -2.27. The zero-order valence-electron chi connectivity index (χ0n) is 16.0. The molecule has 0 nitrogen and oxygen atoms in total. The van der Waals surface area contributed by atoms with Crippen molar-refractivity contribution in [2.75, 3.05) is 0 Å². The van der Waals surface area contributed by atoms with Gasteiger partial charge in [0.2, 0.25) is 0 Å². The maximum atomic E-state index is 3.74. The van der Waals surface area contributed by atoms with Crippen molar-refractivity contribution in [3.05, 3.63) is 95.6 Å². The van der Waals surface area contributed by atoms with Crippen LogP contribution in [-0.2, 0) is 5.41 Å². The Kier molecular flexibility index (Phi) is 8.26. The fourth-order valence-electron chi connectivity index (χ4n) is 3.04. The van der Waals surface area contributed by atoms with Crippen molar-refractivity contribution in [3.8, 4) is 0 Å². The van der Waals surface area contributed by atoms with E-state index in [4.69, 9.17) is 0 Å². The molecule has 1 aliphatic carbocycles. The second-order valence-electron chi connectivity index (χ2n) is 6.17. The lowest BCUT2D eigenvalue weighted by atomic mass is 9.68. The first-order valence-corrected chi connectivity index (χ1v) is 8.98. The lowest BCUT2D eigenvalue weighted by Gasteiger charge is -2.36. The number of hydrogen-bond acceptors (Lipinski definition) is 0. The molecule has 1 aliphatic rings. The van der Waals surface area contributed by atoms with E-state index in [1.165, 1.54) is 22.3 Å². The molecule has 0 radical (unpaired) electrons. The molecule has 0 fully saturated rings. The molecule has 0 N–H and O–H groups in total. The standard InChI is InChI=1S/C22H26.C2H6/c1-5-6-8-11-19(3)22(4,20-12-9-7-10-13-20)21-16-14-18(2)15-17-21;1-2/h5-14,16H,1,15,17H2,2-4H3;1-2H3/b8-6-,19-11+;. The van der Waals surface area contributed by atoms with Crippen LogP contribution in [0.15, 0.2) is 90.1 Å². The summed E-state index contributed by atoms with van der Waals surface area (Å²) in [6, 6.07) is 10.8. The van der Waals surface area contributed by atoms with E-state index in [2.05, 4.69) is 82.0 Å². The third-order valence-corrected chi connectivity index (χ3v) is 4.73. The number of hydrogen-bond donors (Lipinski definition) is 0. The SMILES string of the molecule is C=C/C=C\C=C(/C)C(C)(C1=CC=C(C)CC1)c1ccccc1.CC. The molecular weight excluding hydrogens is 288 g/mol. The molecule has 0 heterocycles. The van der Waals surface area contributed by atoms with Crippen LogP contribution in [0.25, 0.3) is 0 Å². The second kappa shape index (κ2) is 9.93. The molecule has 1 aromatic rings. The predicted octanol–water partition coefficient (Wildman–Crippen LogP) is 7.33. The van der Waals surface area contributed by atoms with Crippen LogP contribution in [0, 0.1) is 0 Å². The van der Waals surface area contributed by atoms with Gasteiger partial charge in [-0.05, 0) is 39.2 Å². The van der Waals surface area contributed by atoms with Gasteiger partial charge >= 0.3 is 0 Å². The molecule has 0 amide bonds. The minimum absolute atomic E-state index is 0.0516. The quantitative estimate of drug-likeness (QED) is 0.498. The third kappa shape index (κ3) is 4.71. The first kappa shape index (κ1) is 20.0. The minimum atomic E-state index is -0.0516. The van der Waals surface area contributed by atoms with Crippen LogP contribution in [0.1, 0.15) is 53.0 Å². The highest BCUT2D eigenvalue weighted by atomic mass is 14.4. The van der Waals surface area contributed by atoms with Crippen LogP contribution in [0.2, 0.25) is 0 Å². The van der Waals surface area contributed by atoms with E-state index < -0.39 is 0 Å². The van der Waals surface area contributed by atoms with Crippen LogP contribution in [-0.4, -0.2) is 0 Å². The van der Waals surface area contributed by atoms with Crippen molar-refractivity contribution in [2.45, 2.75) is 52.9 Å². The van der Waals surface area contributed by atoms with Gasteiger partial charge in [-0.25, -0.2) is 0 Å². The Labute approximate surface area is 149 Å². The summed E-state index contributed by atoms with van der Waals surface area (Å²) in [6.07, 6.45) is 15.0. The van der Waals surface area contributed by atoms with E-state index in [1.807, 2.05) is 26.0 Å². The molecule has 0 aromatic heterocycles. The van der Waals surface area contributed by atoms with Crippen LogP contribution >= 0.6 is 0 Å². The molecule has 0 saturated carbocycles. The van der Waals surface area contributed by atoms with E-state index in [9.17, 15) is 0 Å². The zero-order valence-corrected chi connectivity index (χ0v) is 16.0. The molecule has 0 bridgehead atoms. The van der Waals surface area contributed by atoms with Gasteiger partial charge in [-0.2, -0.15) is 0 Å². The Hall–Kier alpha value is -2.08. The van der Waals surface area contributed by atoms with Crippen molar-refractivity contribution in [2.24, 2.45) is 0 Å². The van der Waals surface area contributed by atoms with Crippen LogP contribution in [0.5, 0.6) is 0 Å². The molecule has 0 heteroatoms. The Morgan fingerprint density at radius 1 is 1.04 bits per heavy atom. The largest absolute Gasteiger partial charge is 0.0991 e. The number of allylic oxidation sites excluding steroid dienone is 9. The minimum Gasteiger partial charge on any atom is -0.0991 e. The summed E-state index contributed by atoms with van der Waals surface area (Å²) in [4.78, 5) is 0. The van der Waals surface area contributed by atoms with Gasteiger partial charge in [-0.1, -0.05) is 104 Å². The molecule has 24 heavy (non-hydrogen) atoms. The van der Waals surface area contributed by atoms with E-state index in [1.54, 1.807) is 0 Å². The van der Waals surface area contributed by atoms with Crippen molar-refractivity contribution in [1.29, 1.82) is 0 Å². The summed E-state index contributed by atoms with van der Waals surface area (Å²) in [7, 11) is 0. The van der Waals surface area contributed by atoms with Gasteiger partial charge in [0, 0.05) is 5.41 Å². The highest BCUT2D eigenvalue weighted by Gasteiger charge is 2.32. The van der Waals surface area contributed by atoms with Crippen molar-refractivity contribution < 1.29 is 0 Å². The second-order valence-corrected chi connectivity index (χ2v) is 6.17. The van der Waals surface area contributed by atoms with Gasteiger partial charge in [0.25, 0.3) is 0 Å². The molecule has 1 aromatic carbocycles. The Balaban J connectivity index is 0.00000139. The number of benzene rings is 1. The van der Waals surface area contributed by atoms with E-state index >= 15 is 0 Å². The first-order chi connectivity index (χ1) is 11.6. The molecule has 2 rings (SSSR count). The van der Waals surface area contributed by atoms with Crippen LogP contribution in [0.4, 0.5) is 0 Å². The summed E-state index contributed by atoms with van der Waals surface area (Å²) in [5, 5.41) is 0. The lowest BCUT2D eigenvalue weighted by molar-refractivity contribution is 0.614. The first-order valence-electron chi connectivity index (χ1n) is 8.98. The topological polar surface area (TPSA) is 0 Å². The van der Waals surface area contributed by atoms with E-state index in [0.717, 1.165) is 12.8 Å². The van der Waals surface area contributed by atoms with Gasteiger partial charge in [-0.3, -0.25) is 0 Å². The Morgan fingerprint density at radius 2 is 1.71 bits per heavy atom. The molecule has 0 spiro atoms. The van der Waals surface area contributed by atoms with Gasteiger partial charge in [0.05, 0.1) is 0 Å². The van der Waals surface area contributed by atoms with Crippen molar-refractivity contribution >= 4 is 0 Å². The molecule has 1 atom stereocenters. The monoisotopic (exact) mass is 320 g/mol. The molecule has 128 valence electrons. The Morgan fingerprint density at radius 3 is 2.25 bits per heavy atom. The molecule has 0 saturated heterocycles. The highest BCUT2D eigenvalue weighted by molar-refractivity contribution is 5.48. The summed E-state index contributed by atoms with van der Waals surface area (Å²) in [5.41, 5.74) is 5.62. The summed E-state index contributed by atoms with van der Waals surface area (Å²) in [6.45, 7) is 14.5. The van der Waals surface area contributed by atoms with Crippen molar-refractivity contribution in [1.82, 2.24) is 0 Å². The van der Waals surface area contributed by atoms with Crippen LogP contribution in [0.3, 0.4) is 0 Å². The molecule has 1 unspecified atom stereocenters. The van der Waals surface area contributed by atoms with Gasteiger partial charge in [0.1, 0.15) is 0 Å². The fourth-order valence-corrected chi connectivity index (χ4v) is 3.04. The van der Waals surface area contributed by atoms with Gasteiger partial charge < -0.3 is 0 Å². The van der Waals surface area contributed by atoms with Crippen molar-refractivity contribution in [3.63, 3.8) is 0 Å². The zero-order chi connectivity index (χ0) is 18.0. The number of rotatable bonds is 5.